The van der Waals surface area contributed by atoms with Crippen LogP contribution < -0.4 is 16.6 Å². The first-order chi connectivity index (χ1) is 9.01. The minimum absolute atomic E-state index is 0.353. The van der Waals surface area contributed by atoms with Crippen LogP contribution in [0.1, 0.15) is 12.0 Å². The Morgan fingerprint density at radius 2 is 2.16 bits per heavy atom. The molecule has 0 fully saturated rings. The van der Waals surface area contributed by atoms with Gasteiger partial charge in [-0.15, -0.1) is 0 Å². The third-order valence-corrected chi connectivity index (χ3v) is 2.94. The number of hydrogen-bond donors (Lipinski definition) is 2. The monoisotopic (exact) mass is 265 g/mol. The molecule has 1 aromatic heterocycles. The summed E-state index contributed by atoms with van der Waals surface area (Å²) in [5.74, 6) is -0.391. The van der Waals surface area contributed by atoms with Crippen molar-refractivity contribution in [1.29, 1.82) is 0 Å². The van der Waals surface area contributed by atoms with Crippen LogP contribution in [0.4, 0.5) is 0 Å². The van der Waals surface area contributed by atoms with Crippen LogP contribution in [-0.2, 0) is 16.1 Å². The quantitative estimate of drug-likeness (QED) is 0.700. The zero-order valence-corrected chi connectivity index (χ0v) is 10.7. The summed E-state index contributed by atoms with van der Waals surface area (Å²) < 4.78 is 6.50. The van der Waals surface area contributed by atoms with E-state index in [9.17, 15) is 14.4 Å². The lowest BCUT2D eigenvalue weighted by molar-refractivity contribution is -0.140. The van der Waals surface area contributed by atoms with Gasteiger partial charge in [0, 0.05) is 31.8 Å². The molecule has 0 amide bonds. The summed E-state index contributed by atoms with van der Waals surface area (Å²) in [5.41, 5.74) is 0.0492. The van der Waals surface area contributed by atoms with Crippen LogP contribution in [0.25, 0.3) is 0 Å². The number of carbonyl (C=O) groups is 1. The Kier molecular flexibility index (Phi) is 3.55. The van der Waals surface area contributed by atoms with E-state index in [1.165, 1.54) is 10.8 Å². The molecule has 0 spiro atoms. The lowest BCUT2D eigenvalue weighted by atomic mass is 10.2. The van der Waals surface area contributed by atoms with Crippen LogP contribution in [0.15, 0.2) is 27.6 Å². The number of carbonyl (C=O) groups excluding carboxylic acids is 1. The Morgan fingerprint density at radius 3 is 2.79 bits per heavy atom. The second kappa shape index (κ2) is 5.13. The Morgan fingerprint density at radius 1 is 1.42 bits per heavy atom. The Balaban J connectivity index is 2.07. The Labute approximate surface area is 108 Å². The standard InChI is InChI=1S/C12H15N3O4/c1-7-6-15(12(18)14-10(7)16)4-3-8-5-9(13-2)11(17)19-8/h5-6,8,13H,3-4H2,1-2H3,(H,14,16,18). The second-order valence-electron chi connectivity index (χ2n) is 4.33. The maximum atomic E-state index is 11.6. The molecule has 1 aromatic rings. The largest absolute Gasteiger partial charge is 0.453 e. The van der Waals surface area contributed by atoms with Crippen molar-refractivity contribution in [3.8, 4) is 0 Å². The minimum Gasteiger partial charge on any atom is -0.453 e. The first-order valence-electron chi connectivity index (χ1n) is 5.92. The topological polar surface area (TPSA) is 93.2 Å². The normalized spacial score (nSPS) is 18.1. The van der Waals surface area contributed by atoms with Crippen molar-refractivity contribution in [2.24, 2.45) is 0 Å². The first-order valence-corrected chi connectivity index (χ1v) is 5.92. The maximum absolute atomic E-state index is 11.6. The number of nitrogens with one attached hydrogen (secondary N) is 2. The molecule has 0 aliphatic carbocycles. The molecule has 1 aliphatic rings. The van der Waals surface area contributed by atoms with Crippen LogP contribution in [0.5, 0.6) is 0 Å². The van der Waals surface area contributed by atoms with E-state index in [4.69, 9.17) is 4.74 Å². The number of hydrogen-bond acceptors (Lipinski definition) is 5. The highest BCUT2D eigenvalue weighted by Gasteiger charge is 2.24. The number of esters is 1. The van der Waals surface area contributed by atoms with Crippen molar-refractivity contribution < 1.29 is 9.53 Å². The van der Waals surface area contributed by atoms with Crippen molar-refractivity contribution in [3.05, 3.63) is 44.4 Å². The van der Waals surface area contributed by atoms with E-state index in [1.807, 2.05) is 0 Å². The molecule has 0 aromatic carbocycles. The Bertz CT molecular complexity index is 641. The fraction of sp³-hybridized carbons (Fsp3) is 0.417. The molecule has 102 valence electrons. The maximum Gasteiger partial charge on any atom is 0.354 e. The number of aryl methyl sites for hydroxylation is 2. The molecule has 7 heteroatoms. The summed E-state index contributed by atoms with van der Waals surface area (Å²) in [6.45, 7) is 1.99. The molecule has 0 bridgehead atoms. The predicted octanol–water partition coefficient (Wildman–Crippen LogP) is -0.736. The zero-order valence-electron chi connectivity index (χ0n) is 10.7. The van der Waals surface area contributed by atoms with Crippen LogP contribution in [0.2, 0.25) is 0 Å². The molecule has 1 unspecified atom stereocenters. The van der Waals surface area contributed by atoms with Crippen LogP contribution >= 0.6 is 0 Å². The fourth-order valence-corrected chi connectivity index (χ4v) is 1.87. The summed E-state index contributed by atoms with van der Waals surface area (Å²) in [7, 11) is 1.64. The third-order valence-electron chi connectivity index (χ3n) is 2.94. The summed E-state index contributed by atoms with van der Waals surface area (Å²) in [6, 6.07) is 0. The first kappa shape index (κ1) is 13.1. The molecule has 7 nitrogen and oxygen atoms in total. The fourth-order valence-electron chi connectivity index (χ4n) is 1.87. The summed E-state index contributed by atoms with van der Waals surface area (Å²) in [6.07, 6.45) is 3.31. The van der Waals surface area contributed by atoms with Gasteiger partial charge >= 0.3 is 11.7 Å². The van der Waals surface area contributed by atoms with Gasteiger partial charge in [0.15, 0.2) is 0 Å². The predicted molar refractivity (Wildman–Crippen MR) is 67.7 cm³/mol. The highest BCUT2D eigenvalue weighted by atomic mass is 16.5. The van der Waals surface area contributed by atoms with Crippen molar-refractivity contribution in [2.75, 3.05) is 7.05 Å². The van der Waals surface area contributed by atoms with Crippen LogP contribution in [0, 0.1) is 6.92 Å². The van der Waals surface area contributed by atoms with E-state index in [2.05, 4.69) is 10.3 Å². The van der Waals surface area contributed by atoms with E-state index < -0.39 is 11.7 Å². The van der Waals surface area contributed by atoms with Crippen LogP contribution in [0.3, 0.4) is 0 Å². The minimum atomic E-state index is -0.460. The molecule has 1 atom stereocenters. The highest BCUT2D eigenvalue weighted by molar-refractivity contribution is 5.90. The third kappa shape index (κ3) is 2.75. The van der Waals surface area contributed by atoms with Gasteiger partial charge in [-0.2, -0.15) is 0 Å². The van der Waals surface area contributed by atoms with Gasteiger partial charge in [0.1, 0.15) is 11.8 Å². The zero-order chi connectivity index (χ0) is 14.0. The molecule has 2 rings (SSSR count). The lowest BCUT2D eigenvalue weighted by Gasteiger charge is -2.09. The van der Waals surface area contributed by atoms with E-state index >= 15 is 0 Å². The average Bonchev–Trinajstić information content (AvgIpc) is 2.73. The van der Waals surface area contributed by atoms with E-state index in [0.717, 1.165) is 0 Å². The summed E-state index contributed by atoms with van der Waals surface area (Å²) >= 11 is 0. The second-order valence-corrected chi connectivity index (χ2v) is 4.33. The number of aromatic amines is 1. The smallest absolute Gasteiger partial charge is 0.354 e. The Hall–Kier alpha value is -2.31. The molecule has 2 N–H and O–H groups in total. The average molecular weight is 265 g/mol. The molecular weight excluding hydrogens is 250 g/mol. The van der Waals surface area contributed by atoms with Gasteiger partial charge in [-0.25, -0.2) is 9.59 Å². The van der Waals surface area contributed by atoms with Crippen molar-refractivity contribution in [2.45, 2.75) is 26.0 Å². The molecule has 19 heavy (non-hydrogen) atoms. The SMILES string of the molecule is CNC1=CC(CCn2cc(C)c(=O)[nH]c2=O)OC1=O. The summed E-state index contributed by atoms with van der Waals surface area (Å²) in [4.78, 5) is 36.3. The number of cyclic esters (lactones) is 1. The number of ether oxygens (including phenoxy) is 1. The van der Waals surface area contributed by atoms with Gasteiger partial charge in [0.2, 0.25) is 0 Å². The van der Waals surface area contributed by atoms with Gasteiger partial charge in [-0.05, 0) is 13.0 Å². The van der Waals surface area contributed by atoms with Gasteiger partial charge < -0.3 is 14.6 Å². The lowest BCUT2D eigenvalue weighted by Crippen LogP contribution is -2.31. The highest BCUT2D eigenvalue weighted by Crippen LogP contribution is 2.14. The van der Waals surface area contributed by atoms with Gasteiger partial charge in [-0.3, -0.25) is 9.78 Å². The van der Waals surface area contributed by atoms with Crippen LogP contribution in [-0.4, -0.2) is 28.7 Å². The molecule has 0 saturated carbocycles. The van der Waals surface area contributed by atoms with E-state index in [1.54, 1.807) is 20.0 Å². The van der Waals surface area contributed by atoms with Gasteiger partial charge in [-0.1, -0.05) is 0 Å². The van der Waals surface area contributed by atoms with Crippen molar-refractivity contribution >= 4 is 5.97 Å². The number of H-pyrrole nitrogens is 1. The van der Waals surface area contributed by atoms with Crippen molar-refractivity contribution in [3.63, 3.8) is 0 Å². The number of nitrogens with zero attached hydrogens (tertiary/aromatic N) is 1. The van der Waals surface area contributed by atoms with E-state index in [0.29, 0.717) is 24.2 Å². The van der Waals surface area contributed by atoms with E-state index in [-0.39, 0.29) is 11.7 Å². The molecule has 1 aliphatic heterocycles. The molecule has 0 radical (unpaired) electrons. The van der Waals surface area contributed by atoms with Gasteiger partial charge in [0.05, 0.1) is 0 Å². The summed E-state index contributed by atoms with van der Waals surface area (Å²) in [5, 5.41) is 2.74. The van der Waals surface area contributed by atoms with Crippen molar-refractivity contribution in [1.82, 2.24) is 14.9 Å². The van der Waals surface area contributed by atoms with Gasteiger partial charge in [0.25, 0.3) is 5.56 Å². The molecule has 2 heterocycles. The molecule has 0 saturated heterocycles. The molecular formula is C12H15N3O4. The number of aromatic nitrogens is 2. The number of likely N-dealkylation sites (N-methyl/N-ethyl adjacent to an activating group) is 1. The number of rotatable bonds is 4.